The van der Waals surface area contributed by atoms with Crippen LogP contribution in [0.15, 0.2) is 29.2 Å². The van der Waals surface area contributed by atoms with E-state index in [2.05, 4.69) is 18.7 Å². The summed E-state index contributed by atoms with van der Waals surface area (Å²) in [5.74, 6) is 0. The highest BCUT2D eigenvalue weighted by molar-refractivity contribution is 7.89. The van der Waals surface area contributed by atoms with Crippen molar-refractivity contribution < 1.29 is 13.2 Å². The maximum absolute atomic E-state index is 11.2. The van der Waals surface area contributed by atoms with E-state index in [0.29, 0.717) is 13.2 Å². The predicted molar refractivity (Wildman–Crippen MR) is 70.0 cm³/mol. The number of nitrogens with two attached hydrogens (primary N) is 1. The van der Waals surface area contributed by atoms with E-state index < -0.39 is 10.0 Å². The number of anilines is 1. The second-order valence-electron chi connectivity index (χ2n) is 4.68. The van der Waals surface area contributed by atoms with Gasteiger partial charge in [-0.25, -0.2) is 13.6 Å². The minimum atomic E-state index is -3.62. The average Bonchev–Trinajstić information content (AvgIpc) is 2.28. The van der Waals surface area contributed by atoms with E-state index in [1.165, 1.54) is 0 Å². The summed E-state index contributed by atoms with van der Waals surface area (Å²) in [6, 6.07) is 7.21. The molecule has 100 valence electrons. The fraction of sp³-hybridized carbons (Fsp3) is 0.500. The molecule has 2 rings (SSSR count). The van der Waals surface area contributed by atoms with Crippen LogP contribution >= 0.6 is 0 Å². The van der Waals surface area contributed by atoms with E-state index >= 15 is 0 Å². The third-order valence-corrected chi connectivity index (χ3v) is 4.06. The van der Waals surface area contributed by atoms with Crippen LogP contribution < -0.4 is 10.0 Å². The molecule has 1 aromatic carbocycles. The van der Waals surface area contributed by atoms with Gasteiger partial charge in [-0.3, -0.25) is 0 Å². The zero-order chi connectivity index (χ0) is 13.3. The summed E-state index contributed by atoms with van der Waals surface area (Å²) in [7, 11) is -3.62. The average molecular weight is 270 g/mol. The summed E-state index contributed by atoms with van der Waals surface area (Å²) in [5, 5.41) is 5.08. The van der Waals surface area contributed by atoms with Gasteiger partial charge in [0.15, 0.2) is 0 Å². The lowest BCUT2D eigenvalue weighted by Crippen LogP contribution is -2.49. The first-order chi connectivity index (χ1) is 8.39. The van der Waals surface area contributed by atoms with Gasteiger partial charge in [-0.1, -0.05) is 0 Å². The summed E-state index contributed by atoms with van der Waals surface area (Å²) in [6.45, 7) is 5.54. The number of hydrogen-bond donors (Lipinski definition) is 1. The van der Waals surface area contributed by atoms with Crippen LogP contribution in [0.25, 0.3) is 0 Å². The van der Waals surface area contributed by atoms with Crippen LogP contribution in [0.4, 0.5) is 5.69 Å². The Morgan fingerprint density at radius 3 is 2.11 bits per heavy atom. The quantitative estimate of drug-likeness (QED) is 0.868. The molecule has 1 aromatic rings. The van der Waals surface area contributed by atoms with Gasteiger partial charge in [-0.15, -0.1) is 0 Å². The van der Waals surface area contributed by atoms with Gasteiger partial charge in [0.2, 0.25) is 10.0 Å². The van der Waals surface area contributed by atoms with Crippen LogP contribution in [-0.4, -0.2) is 33.7 Å². The lowest BCUT2D eigenvalue weighted by atomic mass is 10.1. The van der Waals surface area contributed by atoms with Crippen LogP contribution in [0.5, 0.6) is 0 Å². The van der Waals surface area contributed by atoms with Gasteiger partial charge in [0.1, 0.15) is 0 Å². The second-order valence-corrected chi connectivity index (χ2v) is 6.24. The molecule has 1 fully saturated rings. The SMILES string of the molecule is CC1COCC(C)N1c1ccc(S(N)(=O)=O)cc1. The molecular weight excluding hydrogens is 252 g/mol. The van der Waals surface area contributed by atoms with Crippen LogP contribution in [0.1, 0.15) is 13.8 Å². The molecule has 0 aromatic heterocycles. The number of hydrogen-bond acceptors (Lipinski definition) is 4. The molecule has 5 nitrogen and oxygen atoms in total. The summed E-state index contributed by atoms with van der Waals surface area (Å²) in [5.41, 5.74) is 0.991. The number of benzene rings is 1. The highest BCUT2D eigenvalue weighted by Crippen LogP contribution is 2.24. The number of sulfonamides is 1. The molecule has 2 atom stereocenters. The molecule has 18 heavy (non-hydrogen) atoms. The Bertz CT molecular complexity index is 503. The largest absolute Gasteiger partial charge is 0.377 e. The third kappa shape index (κ3) is 2.66. The molecule has 2 unspecified atom stereocenters. The van der Waals surface area contributed by atoms with Crippen molar-refractivity contribution in [1.29, 1.82) is 0 Å². The number of primary sulfonamides is 1. The van der Waals surface area contributed by atoms with Gasteiger partial charge in [0.05, 0.1) is 18.1 Å². The van der Waals surface area contributed by atoms with E-state index in [4.69, 9.17) is 9.88 Å². The summed E-state index contributed by atoms with van der Waals surface area (Å²) in [6.07, 6.45) is 0. The second kappa shape index (κ2) is 4.87. The predicted octanol–water partition coefficient (Wildman–Crippen LogP) is 0.948. The Morgan fingerprint density at radius 2 is 1.67 bits per heavy atom. The first kappa shape index (κ1) is 13.3. The fourth-order valence-electron chi connectivity index (χ4n) is 2.32. The monoisotopic (exact) mass is 270 g/mol. The van der Waals surface area contributed by atoms with Gasteiger partial charge in [-0.2, -0.15) is 0 Å². The van der Waals surface area contributed by atoms with E-state index in [-0.39, 0.29) is 17.0 Å². The maximum atomic E-state index is 11.2. The third-order valence-electron chi connectivity index (χ3n) is 3.13. The Morgan fingerprint density at radius 1 is 1.17 bits per heavy atom. The highest BCUT2D eigenvalue weighted by Gasteiger charge is 2.25. The Hall–Kier alpha value is -1.11. The smallest absolute Gasteiger partial charge is 0.238 e. The standard InChI is InChI=1S/C12H18N2O3S/c1-9-7-17-8-10(2)14(9)11-3-5-12(6-4-11)18(13,15)16/h3-6,9-10H,7-8H2,1-2H3,(H2,13,15,16). The summed E-state index contributed by atoms with van der Waals surface area (Å²) in [4.78, 5) is 2.37. The molecule has 0 spiro atoms. The summed E-state index contributed by atoms with van der Waals surface area (Å²) >= 11 is 0. The highest BCUT2D eigenvalue weighted by atomic mass is 32.2. The number of nitrogens with zero attached hydrogens (tertiary/aromatic N) is 1. The number of ether oxygens (including phenoxy) is 1. The molecule has 2 N–H and O–H groups in total. The van der Waals surface area contributed by atoms with E-state index in [0.717, 1.165) is 5.69 Å². The zero-order valence-electron chi connectivity index (χ0n) is 10.5. The Balaban J connectivity index is 2.28. The van der Waals surface area contributed by atoms with E-state index in [9.17, 15) is 8.42 Å². The topological polar surface area (TPSA) is 72.6 Å². The molecule has 1 heterocycles. The lowest BCUT2D eigenvalue weighted by Gasteiger charge is -2.40. The van der Waals surface area contributed by atoms with Crippen molar-refractivity contribution >= 4 is 15.7 Å². The zero-order valence-corrected chi connectivity index (χ0v) is 11.4. The van der Waals surface area contributed by atoms with Crippen molar-refractivity contribution in [2.75, 3.05) is 18.1 Å². The molecule has 6 heteroatoms. The molecule has 1 aliphatic heterocycles. The number of morpholine rings is 1. The molecule has 1 saturated heterocycles. The van der Waals surface area contributed by atoms with Crippen LogP contribution in [-0.2, 0) is 14.8 Å². The van der Waals surface area contributed by atoms with Gasteiger partial charge in [0.25, 0.3) is 0 Å². The minimum absolute atomic E-state index is 0.139. The van der Waals surface area contributed by atoms with Crippen molar-refractivity contribution in [3.8, 4) is 0 Å². The molecular formula is C12H18N2O3S. The van der Waals surface area contributed by atoms with Crippen molar-refractivity contribution in [1.82, 2.24) is 0 Å². The molecule has 0 radical (unpaired) electrons. The van der Waals surface area contributed by atoms with E-state index in [1.807, 2.05) is 0 Å². The summed E-state index contributed by atoms with van der Waals surface area (Å²) < 4.78 is 27.9. The fourth-order valence-corrected chi connectivity index (χ4v) is 2.84. The van der Waals surface area contributed by atoms with Crippen molar-refractivity contribution in [3.05, 3.63) is 24.3 Å². The van der Waals surface area contributed by atoms with Crippen molar-refractivity contribution in [2.24, 2.45) is 5.14 Å². The maximum Gasteiger partial charge on any atom is 0.238 e. The van der Waals surface area contributed by atoms with Crippen LogP contribution in [0, 0.1) is 0 Å². The van der Waals surface area contributed by atoms with Gasteiger partial charge < -0.3 is 9.64 Å². The Kier molecular flexibility index (Phi) is 3.61. The molecule has 0 aliphatic carbocycles. The van der Waals surface area contributed by atoms with Crippen molar-refractivity contribution in [2.45, 2.75) is 30.8 Å². The molecule has 0 saturated carbocycles. The van der Waals surface area contributed by atoms with Crippen molar-refractivity contribution in [3.63, 3.8) is 0 Å². The first-order valence-electron chi connectivity index (χ1n) is 5.88. The first-order valence-corrected chi connectivity index (χ1v) is 7.43. The molecule has 1 aliphatic rings. The molecule has 0 bridgehead atoms. The van der Waals surface area contributed by atoms with Crippen LogP contribution in [0.2, 0.25) is 0 Å². The molecule has 0 amide bonds. The minimum Gasteiger partial charge on any atom is -0.377 e. The number of rotatable bonds is 2. The lowest BCUT2D eigenvalue weighted by molar-refractivity contribution is 0.0757. The Labute approximate surface area is 108 Å². The van der Waals surface area contributed by atoms with Gasteiger partial charge >= 0.3 is 0 Å². The van der Waals surface area contributed by atoms with Crippen LogP contribution in [0.3, 0.4) is 0 Å². The van der Waals surface area contributed by atoms with Gasteiger partial charge in [-0.05, 0) is 38.1 Å². The van der Waals surface area contributed by atoms with Gasteiger partial charge in [0, 0.05) is 17.8 Å². The van der Waals surface area contributed by atoms with E-state index in [1.54, 1.807) is 24.3 Å². The normalized spacial score (nSPS) is 25.2.